The third-order valence-corrected chi connectivity index (χ3v) is 3.31. The van der Waals surface area contributed by atoms with Crippen LogP contribution in [0.1, 0.15) is 30.1 Å². The summed E-state index contributed by atoms with van der Waals surface area (Å²) in [4.78, 5) is 11.2. The molecule has 0 spiro atoms. The van der Waals surface area contributed by atoms with Crippen molar-refractivity contribution < 1.29 is 9.53 Å². The van der Waals surface area contributed by atoms with E-state index in [-0.39, 0.29) is 11.9 Å². The highest BCUT2D eigenvalue weighted by Crippen LogP contribution is 2.12. The van der Waals surface area contributed by atoms with Gasteiger partial charge in [0.1, 0.15) is 0 Å². The Kier molecular flexibility index (Phi) is 4.87. The summed E-state index contributed by atoms with van der Waals surface area (Å²) in [6.45, 7) is 3.13. The van der Waals surface area contributed by atoms with Gasteiger partial charge in [-0.25, -0.2) is 0 Å². The van der Waals surface area contributed by atoms with Gasteiger partial charge in [-0.05, 0) is 56.2 Å². The SMILES string of the molecule is CC(=O)c1ccc(NC(=S)NC[C@@H]2CCCO2)cc1. The number of anilines is 1. The van der Waals surface area contributed by atoms with Gasteiger partial charge in [-0.1, -0.05) is 0 Å². The molecule has 0 aromatic heterocycles. The Bertz CT molecular complexity index is 453. The molecule has 5 heteroatoms. The number of nitrogens with one attached hydrogen (secondary N) is 2. The largest absolute Gasteiger partial charge is 0.376 e. The first-order valence-electron chi connectivity index (χ1n) is 6.42. The fourth-order valence-corrected chi connectivity index (χ4v) is 2.18. The first-order valence-corrected chi connectivity index (χ1v) is 6.83. The first kappa shape index (κ1) is 14.0. The standard InChI is InChI=1S/C14H18N2O2S/c1-10(17)11-4-6-12(7-5-11)16-14(19)15-9-13-3-2-8-18-13/h4-7,13H,2-3,8-9H2,1H3,(H2,15,16,19)/t13-/m0/s1. The second kappa shape index (κ2) is 6.63. The molecule has 1 aromatic rings. The van der Waals surface area contributed by atoms with Gasteiger partial charge in [0.25, 0.3) is 0 Å². The van der Waals surface area contributed by atoms with Crippen LogP contribution in [-0.2, 0) is 4.74 Å². The predicted octanol–water partition coefficient (Wildman–Crippen LogP) is 2.35. The van der Waals surface area contributed by atoms with E-state index in [9.17, 15) is 4.79 Å². The molecule has 1 aliphatic heterocycles. The molecule has 0 bridgehead atoms. The highest BCUT2D eigenvalue weighted by atomic mass is 32.1. The zero-order valence-corrected chi connectivity index (χ0v) is 11.8. The van der Waals surface area contributed by atoms with E-state index in [0.29, 0.717) is 10.7 Å². The van der Waals surface area contributed by atoms with Crippen LogP contribution in [0.25, 0.3) is 0 Å². The average molecular weight is 278 g/mol. The van der Waals surface area contributed by atoms with Crippen molar-refractivity contribution in [1.82, 2.24) is 5.32 Å². The van der Waals surface area contributed by atoms with E-state index in [0.717, 1.165) is 31.7 Å². The van der Waals surface area contributed by atoms with Crippen LogP contribution in [0.4, 0.5) is 5.69 Å². The summed E-state index contributed by atoms with van der Waals surface area (Å²) in [6, 6.07) is 7.26. The molecule has 0 unspecified atom stereocenters. The molecule has 1 aromatic carbocycles. The van der Waals surface area contributed by atoms with E-state index in [4.69, 9.17) is 17.0 Å². The minimum absolute atomic E-state index is 0.0608. The van der Waals surface area contributed by atoms with Crippen molar-refractivity contribution in [3.8, 4) is 0 Å². The third kappa shape index (κ3) is 4.29. The number of carbonyl (C=O) groups is 1. The van der Waals surface area contributed by atoms with Crippen molar-refractivity contribution in [3.05, 3.63) is 29.8 Å². The highest BCUT2D eigenvalue weighted by Gasteiger charge is 2.15. The number of carbonyl (C=O) groups excluding carboxylic acids is 1. The summed E-state index contributed by atoms with van der Waals surface area (Å²) in [7, 11) is 0. The summed E-state index contributed by atoms with van der Waals surface area (Å²) in [5.74, 6) is 0.0608. The van der Waals surface area contributed by atoms with Crippen LogP contribution in [0, 0.1) is 0 Å². The number of rotatable bonds is 4. The number of ketones is 1. The van der Waals surface area contributed by atoms with Crippen LogP contribution in [0.3, 0.4) is 0 Å². The minimum atomic E-state index is 0.0608. The number of thiocarbonyl (C=S) groups is 1. The van der Waals surface area contributed by atoms with Crippen molar-refractivity contribution in [2.45, 2.75) is 25.9 Å². The van der Waals surface area contributed by atoms with Crippen LogP contribution in [-0.4, -0.2) is 30.2 Å². The molecule has 4 nitrogen and oxygen atoms in total. The number of hydrogen-bond donors (Lipinski definition) is 2. The molecule has 1 atom stereocenters. The summed E-state index contributed by atoms with van der Waals surface area (Å²) >= 11 is 5.21. The smallest absolute Gasteiger partial charge is 0.170 e. The van der Waals surface area contributed by atoms with Crippen LogP contribution < -0.4 is 10.6 Å². The Morgan fingerprint density at radius 1 is 1.42 bits per heavy atom. The number of benzene rings is 1. The topological polar surface area (TPSA) is 50.4 Å². The summed E-state index contributed by atoms with van der Waals surface area (Å²) in [6.07, 6.45) is 2.47. The second-order valence-electron chi connectivity index (χ2n) is 4.60. The van der Waals surface area contributed by atoms with Crippen LogP contribution >= 0.6 is 12.2 Å². The zero-order chi connectivity index (χ0) is 13.7. The maximum absolute atomic E-state index is 11.2. The van der Waals surface area contributed by atoms with Crippen molar-refractivity contribution in [2.75, 3.05) is 18.5 Å². The average Bonchev–Trinajstić information content (AvgIpc) is 2.90. The zero-order valence-electron chi connectivity index (χ0n) is 10.9. The van der Waals surface area contributed by atoms with Gasteiger partial charge in [-0.2, -0.15) is 0 Å². The molecule has 1 saturated heterocycles. The normalized spacial score (nSPS) is 18.1. The molecule has 19 heavy (non-hydrogen) atoms. The molecule has 2 rings (SSSR count). The lowest BCUT2D eigenvalue weighted by molar-refractivity contribution is 0.101. The summed E-state index contributed by atoms with van der Waals surface area (Å²) in [5, 5.41) is 6.80. The molecule has 1 fully saturated rings. The van der Waals surface area contributed by atoms with Gasteiger partial charge in [-0.3, -0.25) is 4.79 Å². The highest BCUT2D eigenvalue weighted by molar-refractivity contribution is 7.80. The number of ether oxygens (including phenoxy) is 1. The Morgan fingerprint density at radius 3 is 2.74 bits per heavy atom. The van der Waals surface area contributed by atoms with Gasteiger partial charge in [0.05, 0.1) is 6.10 Å². The van der Waals surface area contributed by atoms with Crippen molar-refractivity contribution in [2.24, 2.45) is 0 Å². The molecule has 1 aliphatic rings. The molecule has 0 amide bonds. The molecule has 0 saturated carbocycles. The molecular formula is C14H18N2O2S. The van der Waals surface area contributed by atoms with Gasteiger partial charge in [0, 0.05) is 24.4 Å². The van der Waals surface area contributed by atoms with Gasteiger partial charge in [0.2, 0.25) is 0 Å². The van der Waals surface area contributed by atoms with E-state index >= 15 is 0 Å². The Balaban J connectivity index is 1.79. The third-order valence-electron chi connectivity index (χ3n) is 3.06. The molecular weight excluding hydrogens is 260 g/mol. The van der Waals surface area contributed by atoms with E-state index < -0.39 is 0 Å². The first-order chi connectivity index (χ1) is 9.15. The van der Waals surface area contributed by atoms with E-state index in [1.165, 1.54) is 0 Å². The molecule has 0 radical (unpaired) electrons. The molecule has 2 N–H and O–H groups in total. The predicted molar refractivity (Wildman–Crippen MR) is 79.6 cm³/mol. The lowest BCUT2D eigenvalue weighted by atomic mass is 10.1. The van der Waals surface area contributed by atoms with Crippen LogP contribution in [0.2, 0.25) is 0 Å². The molecule has 1 heterocycles. The fourth-order valence-electron chi connectivity index (χ4n) is 1.98. The fraction of sp³-hybridized carbons (Fsp3) is 0.429. The lowest BCUT2D eigenvalue weighted by Gasteiger charge is -2.14. The van der Waals surface area contributed by atoms with Gasteiger partial charge in [0.15, 0.2) is 10.9 Å². The Labute approximate surface area is 118 Å². The Morgan fingerprint density at radius 2 is 2.16 bits per heavy atom. The van der Waals surface area contributed by atoms with Crippen LogP contribution in [0.5, 0.6) is 0 Å². The van der Waals surface area contributed by atoms with Crippen molar-refractivity contribution in [3.63, 3.8) is 0 Å². The monoisotopic (exact) mass is 278 g/mol. The Hall–Kier alpha value is -1.46. The quantitative estimate of drug-likeness (QED) is 0.654. The maximum Gasteiger partial charge on any atom is 0.170 e. The van der Waals surface area contributed by atoms with E-state index in [1.54, 1.807) is 19.1 Å². The maximum atomic E-state index is 11.2. The van der Waals surface area contributed by atoms with Crippen molar-refractivity contribution in [1.29, 1.82) is 0 Å². The van der Waals surface area contributed by atoms with Gasteiger partial charge in [-0.15, -0.1) is 0 Å². The van der Waals surface area contributed by atoms with Crippen molar-refractivity contribution >= 4 is 28.8 Å². The molecule has 102 valence electrons. The minimum Gasteiger partial charge on any atom is -0.376 e. The molecule has 0 aliphatic carbocycles. The van der Waals surface area contributed by atoms with Crippen LogP contribution in [0.15, 0.2) is 24.3 Å². The summed E-state index contributed by atoms with van der Waals surface area (Å²) < 4.78 is 5.51. The van der Waals surface area contributed by atoms with Gasteiger partial charge >= 0.3 is 0 Å². The summed E-state index contributed by atoms with van der Waals surface area (Å²) in [5.41, 5.74) is 1.57. The van der Waals surface area contributed by atoms with E-state index in [1.807, 2.05) is 12.1 Å². The number of hydrogen-bond acceptors (Lipinski definition) is 3. The second-order valence-corrected chi connectivity index (χ2v) is 5.01. The number of Topliss-reactive ketones (excluding diaryl/α,β-unsaturated/α-hetero) is 1. The van der Waals surface area contributed by atoms with E-state index in [2.05, 4.69) is 10.6 Å². The van der Waals surface area contributed by atoms with Gasteiger partial charge < -0.3 is 15.4 Å². The lowest BCUT2D eigenvalue weighted by Crippen LogP contribution is -2.34.